The van der Waals surface area contributed by atoms with Crippen LogP contribution in [0.4, 0.5) is 18.9 Å². The monoisotopic (exact) mass is 520 g/mol. The lowest BCUT2D eigenvalue weighted by Gasteiger charge is -2.28. The van der Waals surface area contributed by atoms with Gasteiger partial charge in [0.1, 0.15) is 0 Å². The first kappa shape index (κ1) is 25.0. The smallest absolute Gasteiger partial charge is 0.351 e. The number of anilines is 1. The highest BCUT2D eigenvalue weighted by Crippen LogP contribution is 2.44. The van der Waals surface area contributed by atoms with Gasteiger partial charge in [0.05, 0.1) is 29.0 Å². The molecule has 2 atom stereocenters. The molecule has 4 nitrogen and oxygen atoms in total. The Morgan fingerprint density at radius 1 is 0.973 bits per heavy atom. The molecule has 1 N–H and O–H groups in total. The van der Waals surface area contributed by atoms with Crippen molar-refractivity contribution >= 4 is 23.0 Å². The molecule has 1 aliphatic rings. The number of pyridine rings is 1. The lowest BCUT2D eigenvalue weighted by Crippen LogP contribution is -2.29. The van der Waals surface area contributed by atoms with Crippen LogP contribution in [0.2, 0.25) is 0 Å². The normalized spacial score (nSPS) is 17.8. The third kappa shape index (κ3) is 4.50. The van der Waals surface area contributed by atoms with E-state index in [0.29, 0.717) is 10.8 Å². The predicted molar refractivity (Wildman–Crippen MR) is 144 cm³/mol. The summed E-state index contributed by atoms with van der Waals surface area (Å²) in [5.41, 5.74) is 4.69. The average Bonchev–Trinajstić information content (AvgIpc) is 3.39. The molecule has 190 valence electrons. The number of para-hydroxylation sites is 1. The molecular weight excluding hydrogens is 493 g/mol. The van der Waals surface area contributed by atoms with Crippen LogP contribution in [0.5, 0.6) is 0 Å². The number of alkyl halides is 3. The SMILES string of the molecule is CCc1ccc(N2C(=S)N[C@H](c3ccccn3)[C@H]2c2cc(C)n(-c3ccccc3C(F)(F)F)c2C)cc1. The van der Waals surface area contributed by atoms with Gasteiger partial charge in [-0.3, -0.25) is 4.98 Å². The van der Waals surface area contributed by atoms with Crippen molar-refractivity contribution in [3.63, 3.8) is 0 Å². The van der Waals surface area contributed by atoms with Gasteiger partial charge in [0.2, 0.25) is 0 Å². The lowest BCUT2D eigenvalue weighted by atomic mass is 9.96. The van der Waals surface area contributed by atoms with Crippen LogP contribution in [0.25, 0.3) is 5.69 Å². The molecule has 2 aromatic carbocycles. The van der Waals surface area contributed by atoms with E-state index < -0.39 is 11.7 Å². The van der Waals surface area contributed by atoms with Gasteiger partial charge in [0.15, 0.2) is 5.11 Å². The van der Waals surface area contributed by atoms with Gasteiger partial charge < -0.3 is 14.8 Å². The fourth-order valence-corrected chi connectivity index (χ4v) is 5.55. The summed E-state index contributed by atoms with van der Waals surface area (Å²) in [6, 6.07) is 21.0. The van der Waals surface area contributed by atoms with Crippen LogP contribution >= 0.6 is 12.2 Å². The first-order chi connectivity index (χ1) is 17.7. The van der Waals surface area contributed by atoms with E-state index in [4.69, 9.17) is 12.2 Å². The molecule has 1 aliphatic heterocycles. The number of nitrogens with one attached hydrogen (secondary N) is 1. The first-order valence-corrected chi connectivity index (χ1v) is 12.6. The Kier molecular flexibility index (Phi) is 6.54. The number of hydrogen-bond donors (Lipinski definition) is 1. The van der Waals surface area contributed by atoms with Crippen molar-refractivity contribution in [2.24, 2.45) is 0 Å². The quantitative estimate of drug-likeness (QED) is 0.281. The second-order valence-electron chi connectivity index (χ2n) is 9.19. The van der Waals surface area contributed by atoms with E-state index in [1.54, 1.807) is 16.8 Å². The molecular formula is C29H27F3N4S. The minimum absolute atomic E-state index is 0.109. The van der Waals surface area contributed by atoms with Gasteiger partial charge in [-0.2, -0.15) is 13.2 Å². The summed E-state index contributed by atoms with van der Waals surface area (Å²) in [6.07, 6.45) is -1.82. The highest BCUT2D eigenvalue weighted by molar-refractivity contribution is 7.80. The summed E-state index contributed by atoms with van der Waals surface area (Å²) in [6.45, 7) is 5.80. The van der Waals surface area contributed by atoms with E-state index >= 15 is 0 Å². The molecule has 0 unspecified atom stereocenters. The Morgan fingerprint density at radius 2 is 1.68 bits per heavy atom. The second-order valence-corrected chi connectivity index (χ2v) is 9.58. The van der Waals surface area contributed by atoms with E-state index in [1.807, 2.05) is 50.2 Å². The van der Waals surface area contributed by atoms with Gasteiger partial charge >= 0.3 is 6.18 Å². The van der Waals surface area contributed by atoms with Gasteiger partial charge in [-0.15, -0.1) is 0 Å². The van der Waals surface area contributed by atoms with Crippen molar-refractivity contribution < 1.29 is 13.2 Å². The third-order valence-corrected chi connectivity index (χ3v) is 7.27. The van der Waals surface area contributed by atoms with E-state index in [-0.39, 0.29) is 17.8 Å². The van der Waals surface area contributed by atoms with E-state index in [0.717, 1.165) is 35.1 Å². The van der Waals surface area contributed by atoms with Gasteiger partial charge in [-0.25, -0.2) is 0 Å². The summed E-state index contributed by atoms with van der Waals surface area (Å²) in [5.74, 6) is 0. The van der Waals surface area contributed by atoms with Crippen molar-refractivity contribution in [2.45, 2.75) is 45.5 Å². The van der Waals surface area contributed by atoms with E-state index in [2.05, 4.69) is 34.3 Å². The van der Waals surface area contributed by atoms with Crippen LogP contribution in [0.1, 0.15) is 52.8 Å². The number of aryl methyl sites for hydroxylation is 2. The summed E-state index contributed by atoms with van der Waals surface area (Å²) >= 11 is 5.82. The van der Waals surface area contributed by atoms with Crippen molar-refractivity contribution in [1.82, 2.24) is 14.9 Å². The van der Waals surface area contributed by atoms with Gasteiger partial charge in [0, 0.05) is 23.3 Å². The Morgan fingerprint density at radius 3 is 2.32 bits per heavy atom. The molecule has 8 heteroatoms. The van der Waals surface area contributed by atoms with E-state index in [9.17, 15) is 13.2 Å². The third-order valence-electron chi connectivity index (χ3n) is 6.96. The van der Waals surface area contributed by atoms with E-state index in [1.165, 1.54) is 17.7 Å². The number of aromatic nitrogens is 2. The fourth-order valence-electron chi connectivity index (χ4n) is 5.21. The summed E-state index contributed by atoms with van der Waals surface area (Å²) < 4.78 is 43.5. The Balaban J connectivity index is 1.69. The van der Waals surface area contributed by atoms with Crippen LogP contribution in [-0.4, -0.2) is 14.7 Å². The molecule has 0 radical (unpaired) electrons. The van der Waals surface area contributed by atoms with Gasteiger partial charge in [0.25, 0.3) is 0 Å². The maximum atomic E-state index is 13.9. The zero-order chi connectivity index (χ0) is 26.3. The molecule has 1 fully saturated rings. The molecule has 37 heavy (non-hydrogen) atoms. The second kappa shape index (κ2) is 9.67. The zero-order valence-corrected chi connectivity index (χ0v) is 21.6. The Labute approximate surface area is 219 Å². The largest absolute Gasteiger partial charge is 0.418 e. The topological polar surface area (TPSA) is 33.1 Å². The molecule has 0 saturated carbocycles. The maximum Gasteiger partial charge on any atom is 0.418 e. The number of thiocarbonyl (C=S) groups is 1. The Bertz CT molecular complexity index is 1430. The lowest BCUT2D eigenvalue weighted by molar-refractivity contribution is -0.137. The summed E-state index contributed by atoms with van der Waals surface area (Å²) in [7, 11) is 0. The minimum atomic E-state index is -4.47. The van der Waals surface area contributed by atoms with Crippen molar-refractivity contribution in [1.29, 1.82) is 0 Å². The molecule has 4 aromatic rings. The highest BCUT2D eigenvalue weighted by atomic mass is 32.1. The number of benzene rings is 2. The first-order valence-electron chi connectivity index (χ1n) is 12.2. The molecule has 0 bridgehead atoms. The molecule has 5 rings (SSSR count). The number of nitrogens with zero attached hydrogens (tertiary/aromatic N) is 3. The average molecular weight is 521 g/mol. The summed E-state index contributed by atoms with van der Waals surface area (Å²) in [5, 5.41) is 3.98. The standard InChI is InChI=1S/C29H27F3N4S/c1-4-20-12-14-21(15-13-20)36-27(26(34-28(36)37)24-10-7-8-16-33-24)22-17-18(2)35(19(22)3)25-11-6-5-9-23(25)29(30,31)32/h5-17,26-27H,4H2,1-3H3,(H,34,37)/t26-,27-/m1/s1. The number of hydrogen-bond acceptors (Lipinski definition) is 2. The molecule has 1 saturated heterocycles. The van der Waals surface area contributed by atoms with Gasteiger partial charge in [-0.1, -0.05) is 37.3 Å². The van der Waals surface area contributed by atoms with Crippen molar-refractivity contribution in [3.8, 4) is 5.69 Å². The summed E-state index contributed by atoms with van der Waals surface area (Å²) in [4.78, 5) is 6.64. The molecule has 2 aromatic heterocycles. The Hall–Kier alpha value is -3.65. The number of rotatable bonds is 5. The van der Waals surface area contributed by atoms with Crippen molar-refractivity contribution in [3.05, 3.63) is 113 Å². The molecule has 3 heterocycles. The highest BCUT2D eigenvalue weighted by Gasteiger charge is 2.43. The number of halogens is 3. The molecule has 0 amide bonds. The van der Waals surface area contributed by atoms with Crippen molar-refractivity contribution in [2.75, 3.05) is 4.90 Å². The van der Waals surface area contributed by atoms with Crippen LogP contribution in [0, 0.1) is 13.8 Å². The maximum absolute atomic E-state index is 13.9. The molecule has 0 aliphatic carbocycles. The van der Waals surface area contributed by atoms with Crippen LogP contribution in [-0.2, 0) is 12.6 Å². The van der Waals surface area contributed by atoms with Crippen LogP contribution in [0.3, 0.4) is 0 Å². The predicted octanol–water partition coefficient (Wildman–Crippen LogP) is 7.25. The molecule has 0 spiro atoms. The fraction of sp³-hybridized carbons (Fsp3) is 0.241. The zero-order valence-electron chi connectivity index (χ0n) is 20.8. The minimum Gasteiger partial charge on any atom is -0.351 e. The van der Waals surface area contributed by atoms with Crippen LogP contribution < -0.4 is 10.2 Å². The van der Waals surface area contributed by atoms with Crippen LogP contribution in [0.15, 0.2) is 79.0 Å². The van der Waals surface area contributed by atoms with Gasteiger partial charge in [-0.05, 0) is 86.1 Å².